The zero-order chi connectivity index (χ0) is 26.8. The van der Waals surface area contributed by atoms with Crippen LogP contribution in [0.25, 0.3) is 0 Å². The molecular formula is C24H25F3N4O4S. The molecule has 36 heavy (non-hydrogen) atoms. The topological polar surface area (TPSA) is 113 Å². The SMILES string of the molecule is C=C(O)[C@H](CC1=C(C(C)=O)C(c2ccc(F)c(F)c2F)N=C(c2nccs2)N1)NC(=O)OC(C)(C)C. The number of thiazole rings is 1. The maximum absolute atomic E-state index is 14.8. The molecule has 1 aliphatic rings. The van der Waals surface area contributed by atoms with E-state index in [0.717, 1.165) is 12.1 Å². The molecule has 0 aliphatic carbocycles. The van der Waals surface area contributed by atoms with E-state index < -0.39 is 52.8 Å². The van der Waals surface area contributed by atoms with Gasteiger partial charge in [-0.15, -0.1) is 11.3 Å². The molecule has 1 unspecified atom stereocenters. The van der Waals surface area contributed by atoms with Crippen molar-refractivity contribution in [2.24, 2.45) is 4.99 Å². The maximum Gasteiger partial charge on any atom is 0.408 e. The van der Waals surface area contributed by atoms with E-state index in [1.807, 2.05) is 0 Å². The summed E-state index contributed by atoms with van der Waals surface area (Å²) < 4.78 is 47.8. The number of aliphatic hydroxyl groups excluding tert-OH is 1. The minimum absolute atomic E-state index is 0.0718. The standard InChI is InChI=1S/C24H25F3N4O4S/c1-11(32)15(30-23(34)35-24(3,4)5)10-16-17(12(2)33)20(13-6-7-14(25)19(27)18(13)26)31-21(29-16)22-28-8-9-36-22/h6-9,15,20,32H,1,10H2,2-5H3,(H,29,31)(H,30,34)/t15-,20?/m0/s1. The second-order valence-corrected chi connectivity index (χ2v) is 9.84. The summed E-state index contributed by atoms with van der Waals surface area (Å²) in [7, 11) is 0. The molecule has 8 nitrogen and oxygen atoms in total. The molecule has 0 saturated heterocycles. The average molecular weight is 523 g/mol. The van der Waals surface area contributed by atoms with Gasteiger partial charge in [-0.25, -0.2) is 22.9 Å². The number of halogens is 3. The fraction of sp³-hybridized carbons (Fsp3) is 0.333. The number of aliphatic hydroxyl groups is 1. The minimum Gasteiger partial charge on any atom is -0.511 e. The van der Waals surface area contributed by atoms with Crippen molar-refractivity contribution in [1.29, 1.82) is 0 Å². The van der Waals surface area contributed by atoms with Crippen molar-refractivity contribution in [3.63, 3.8) is 0 Å². The Labute approximate surface area is 209 Å². The maximum atomic E-state index is 14.8. The molecule has 1 amide bonds. The molecule has 0 spiro atoms. The number of amides is 1. The number of hydrogen-bond donors (Lipinski definition) is 3. The number of rotatable bonds is 7. The van der Waals surface area contributed by atoms with Gasteiger partial charge in [0.05, 0.1) is 6.04 Å². The lowest BCUT2D eigenvalue weighted by atomic mass is 9.90. The normalized spacial score (nSPS) is 16.6. The Bertz CT molecular complexity index is 1250. The number of nitrogens with zero attached hydrogens (tertiary/aromatic N) is 2. The summed E-state index contributed by atoms with van der Waals surface area (Å²) >= 11 is 1.19. The third kappa shape index (κ3) is 6.11. The van der Waals surface area contributed by atoms with Crippen LogP contribution in [0, 0.1) is 17.5 Å². The van der Waals surface area contributed by atoms with Crippen molar-refractivity contribution in [2.45, 2.75) is 51.8 Å². The number of ketones is 1. The molecule has 0 bridgehead atoms. The van der Waals surface area contributed by atoms with Gasteiger partial charge in [-0.3, -0.25) is 9.79 Å². The van der Waals surface area contributed by atoms with Gasteiger partial charge >= 0.3 is 6.09 Å². The van der Waals surface area contributed by atoms with Crippen LogP contribution in [0.5, 0.6) is 0 Å². The zero-order valence-corrected chi connectivity index (χ0v) is 20.8. The Hall–Kier alpha value is -3.67. The van der Waals surface area contributed by atoms with Crippen molar-refractivity contribution >= 4 is 29.0 Å². The Morgan fingerprint density at radius 2 is 1.97 bits per heavy atom. The number of Topliss-reactive ketones (excluding diaryl/α,β-unsaturated/α-hetero) is 1. The first-order valence-electron chi connectivity index (χ1n) is 10.8. The van der Waals surface area contributed by atoms with E-state index in [2.05, 4.69) is 27.2 Å². The number of benzene rings is 1. The van der Waals surface area contributed by atoms with Crippen molar-refractivity contribution in [2.75, 3.05) is 0 Å². The molecule has 2 heterocycles. The number of nitrogens with one attached hydrogen (secondary N) is 2. The van der Waals surface area contributed by atoms with Crippen LogP contribution in [-0.4, -0.2) is 39.4 Å². The quantitative estimate of drug-likeness (QED) is 0.354. The van der Waals surface area contributed by atoms with E-state index in [-0.39, 0.29) is 29.1 Å². The van der Waals surface area contributed by atoms with Gasteiger partial charge in [-0.1, -0.05) is 12.6 Å². The molecule has 2 aromatic rings. The van der Waals surface area contributed by atoms with Gasteiger partial charge in [0.25, 0.3) is 0 Å². The van der Waals surface area contributed by atoms with Crippen LogP contribution in [0.3, 0.4) is 0 Å². The molecule has 0 fully saturated rings. The molecule has 3 N–H and O–H groups in total. The molecule has 2 atom stereocenters. The van der Waals surface area contributed by atoms with Crippen molar-refractivity contribution in [3.05, 3.63) is 75.3 Å². The largest absolute Gasteiger partial charge is 0.511 e. The first-order chi connectivity index (χ1) is 16.8. The fourth-order valence-corrected chi connectivity index (χ4v) is 4.09. The summed E-state index contributed by atoms with van der Waals surface area (Å²) in [6.07, 6.45) is 0.444. The monoisotopic (exact) mass is 522 g/mol. The smallest absolute Gasteiger partial charge is 0.408 e. The van der Waals surface area contributed by atoms with Crippen LogP contribution in [0.1, 0.15) is 50.7 Å². The summed E-state index contributed by atoms with van der Waals surface area (Å²) in [5.74, 6) is -5.42. The van der Waals surface area contributed by atoms with E-state index in [1.165, 1.54) is 24.5 Å². The fourth-order valence-electron chi connectivity index (χ4n) is 3.50. The first-order valence-corrected chi connectivity index (χ1v) is 11.7. The van der Waals surface area contributed by atoms with Crippen LogP contribution in [0.2, 0.25) is 0 Å². The number of aliphatic imine (C=N–C) groups is 1. The third-order valence-corrected chi connectivity index (χ3v) is 5.78. The Morgan fingerprint density at radius 1 is 1.28 bits per heavy atom. The predicted molar refractivity (Wildman–Crippen MR) is 128 cm³/mol. The highest BCUT2D eigenvalue weighted by Gasteiger charge is 2.34. The van der Waals surface area contributed by atoms with Gasteiger partial charge in [0.1, 0.15) is 17.4 Å². The van der Waals surface area contributed by atoms with Gasteiger partial charge in [-0.05, 0) is 33.8 Å². The second-order valence-electron chi connectivity index (χ2n) is 8.95. The predicted octanol–water partition coefficient (Wildman–Crippen LogP) is 4.85. The van der Waals surface area contributed by atoms with E-state index in [1.54, 1.807) is 26.2 Å². The van der Waals surface area contributed by atoms with Crippen LogP contribution >= 0.6 is 11.3 Å². The van der Waals surface area contributed by atoms with Crippen LogP contribution < -0.4 is 10.6 Å². The second kappa shape index (κ2) is 10.5. The summed E-state index contributed by atoms with van der Waals surface area (Å²) in [4.78, 5) is 33.6. The van der Waals surface area contributed by atoms with Crippen molar-refractivity contribution < 1.29 is 32.6 Å². The first kappa shape index (κ1) is 26.9. The molecule has 1 aliphatic heterocycles. The number of carbonyl (C=O) groups is 2. The van der Waals surface area contributed by atoms with Gasteiger partial charge in [0, 0.05) is 34.8 Å². The highest BCUT2D eigenvalue weighted by atomic mass is 32.1. The highest BCUT2D eigenvalue weighted by Crippen LogP contribution is 2.36. The van der Waals surface area contributed by atoms with E-state index in [9.17, 15) is 27.9 Å². The average Bonchev–Trinajstić information content (AvgIpc) is 3.30. The molecular weight excluding hydrogens is 497 g/mol. The van der Waals surface area contributed by atoms with E-state index in [0.29, 0.717) is 5.01 Å². The Balaban J connectivity index is 2.10. The zero-order valence-electron chi connectivity index (χ0n) is 20.0. The Morgan fingerprint density at radius 3 is 2.53 bits per heavy atom. The minimum atomic E-state index is -1.70. The summed E-state index contributed by atoms with van der Waals surface area (Å²) in [6, 6.07) is -0.729. The molecule has 0 radical (unpaired) electrons. The van der Waals surface area contributed by atoms with Crippen LogP contribution in [0.4, 0.5) is 18.0 Å². The summed E-state index contributed by atoms with van der Waals surface area (Å²) in [5, 5.41) is 17.7. The number of aromatic nitrogens is 1. The number of amidine groups is 1. The number of hydrogen-bond acceptors (Lipinski definition) is 8. The molecule has 0 saturated carbocycles. The van der Waals surface area contributed by atoms with Gasteiger partial charge < -0.3 is 20.5 Å². The Kier molecular flexibility index (Phi) is 7.87. The van der Waals surface area contributed by atoms with E-state index >= 15 is 0 Å². The highest BCUT2D eigenvalue weighted by molar-refractivity contribution is 7.11. The molecule has 1 aromatic carbocycles. The molecule has 12 heteroatoms. The van der Waals surface area contributed by atoms with Gasteiger partial charge in [0.2, 0.25) is 0 Å². The van der Waals surface area contributed by atoms with Crippen LogP contribution in [-0.2, 0) is 9.53 Å². The number of carbonyl (C=O) groups excluding carboxylic acids is 2. The third-order valence-electron chi connectivity index (χ3n) is 5.00. The number of ether oxygens (including phenoxy) is 1. The summed E-state index contributed by atoms with van der Waals surface area (Å²) in [6.45, 7) is 9.66. The summed E-state index contributed by atoms with van der Waals surface area (Å²) in [5.41, 5.74) is -1.12. The lowest BCUT2D eigenvalue weighted by Gasteiger charge is -2.29. The van der Waals surface area contributed by atoms with Crippen LogP contribution in [0.15, 0.2) is 52.3 Å². The van der Waals surface area contributed by atoms with Gasteiger partial charge in [0.15, 0.2) is 34.1 Å². The lowest BCUT2D eigenvalue weighted by molar-refractivity contribution is -0.114. The van der Waals surface area contributed by atoms with Crippen molar-refractivity contribution in [3.8, 4) is 0 Å². The lowest BCUT2D eigenvalue weighted by Crippen LogP contribution is -2.42. The van der Waals surface area contributed by atoms with Crippen molar-refractivity contribution in [1.82, 2.24) is 15.6 Å². The van der Waals surface area contributed by atoms with E-state index in [4.69, 9.17) is 4.74 Å². The molecule has 3 rings (SSSR count). The molecule has 1 aromatic heterocycles. The van der Waals surface area contributed by atoms with Gasteiger partial charge in [-0.2, -0.15) is 0 Å². The number of alkyl carbamates (subject to hydrolysis) is 1. The molecule has 192 valence electrons.